The van der Waals surface area contributed by atoms with E-state index in [1.165, 1.54) is 17.0 Å². The maximum atomic E-state index is 12.9. The van der Waals surface area contributed by atoms with Gasteiger partial charge in [0.05, 0.1) is 32.4 Å². The molecular weight excluding hydrogens is 416 g/mol. The maximum absolute atomic E-state index is 12.9. The van der Waals surface area contributed by atoms with Gasteiger partial charge in [0, 0.05) is 5.39 Å². The Labute approximate surface area is 174 Å². The Morgan fingerprint density at radius 3 is 2.75 bits per heavy atom. The molecule has 2 heterocycles. The zero-order chi connectivity index (χ0) is 19.8. The van der Waals surface area contributed by atoms with Crippen LogP contribution < -0.4 is 4.90 Å². The number of hydrogen-bond acceptors (Lipinski definition) is 5. The van der Waals surface area contributed by atoms with Crippen molar-refractivity contribution in [3.05, 3.63) is 75.8 Å². The highest BCUT2D eigenvalue weighted by atomic mass is 35.5. The molecule has 138 valence electrons. The van der Waals surface area contributed by atoms with Crippen LogP contribution in [-0.2, 0) is 4.79 Å². The first-order valence-electron chi connectivity index (χ1n) is 8.10. The van der Waals surface area contributed by atoms with Gasteiger partial charge in [-0.15, -0.1) is 0 Å². The molecule has 1 amide bonds. The van der Waals surface area contributed by atoms with Crippen LogP contribution in [0.5, 0.6) is 0 Å². The van der Waals surface area contributed by atoms with Gasteiger partial charge in [-0.05, 0) is 36.4 Å². The number of halogens is 1. The summed E-state index contributed by atoms with van der Waals surface area (Å²) in [4.78, 5) is 30.3. The molecule has 0 unspecified atom stereocenters. The van der Waals surface area contributed by atoms with Crippen LogP contribution in [-0.4, -0.2) is 26.3 Å². The minimum atomic E-state index is -1.07. The van der Waals surface area contributed by atoms with Crippen molar-refractivity contribution in [3.8, 4) is 0 Å². The van der Waals surface area contributed by atoms with E-state index in [2.05, 4.69) is 4.98 Å². The highest BCUT2D eigenvalue weighted by molar-refractivity contribution is 8.27. The molecule has 1 saturated heterocycles. The number of thiocarbonyl (C=S) groups is 1. The Kier molecular flexibility index (Phi) is 4.89. The summed E-state index contributed by atoms with van der Waals surface area (Å²) in [7, 11) is 0. The lowest BCUT2D eigenvalue weighted by atomic mass is 10.2. The lowest BCUT2D eigenvalue weighted by Crippen LogP contribution is -2.27. The number of aromatic nitrogens is 1. The number of aromatic carboxylic acids is 1. The van der Waals surface area contributed by atoms with Gasteiger partial charge < -0.3 is 5.11 Å². The summed E-state index contributed by atoms with van der Waals surface area (Å²) < 4.78 is 0.331. The van der Waals surface area contributed by atoms with Gasteiger partial charge in [0.2, 0.25) is 0 Å². The molecule has 5 nitrogen and oxygen atoms in total. The summed E-state index contributed by atoms with van der Waals surface area (Å²) in [6.07, 6.45) is 1.66. The highest BCUT2D eigenvalue weighted by Gasteiger charge is 2.33. The average molecular weight is 427 g/mol. The third kappa shape index (κ3) is 3.40. The summed E-state index contributed by atoms with van der Waals surface area (Å²) in [5.74, 6) is -1.39. The van der Waals surface area contributed by atoms with Crippen LogP contribution in [0.25, 0.3) is 17.0 Å². The summed E-state index contributed by atoms with van der Waals surface area (Å²) >= 11 is 12.7. The number of thioether (sulfide) groups is 1. The molecule has 0 radical (unpaired) electrons. The second-order valence-corrected chi connectivity index (χ2v) is 8.00. The molecule has 0 bridgehead atoms. The molecule has 0 aliphatic carbocycles. The minimum absolute atomic E-state index is 0.0846. The van der Waals surface area contributed by atoms with Gasteiger partial charge in [0.1, 0.15) is 0 Å². The number of nitrogens with zero attached hydrogens (tertiary/aromatic N) is 2. The quantitative estimate of drug-likeness (QED) is 0.470. The van der Waals surface area contributed by atoms with Crippen LogP contribution in [0.4, 0.5) is 5.69 Å². The molecular formula is C20H11ClN2O3S2. The molecule has 8 heteroatoms. The Morgan fingerprint density at radius 2 is 1.96 bits per heavy atom. The first-order valence-corrected chi connectivity index (χ1v) is 9.71. The Morgan fingerprint density at radius 1 is 1.18 bits per heavy atom. The van der Waals surface area contributed by atoms with E-state index in [-0.39, 0.29) is 11.5 Å². The van der Waals surface area contributed by atoms with E-state index in [9.17, 15) is 9.59 Å². The Balaban J connectivity index is 1.70. The molecule has 0 saturated carbocycles. The molecule has 4 rings (SSSR count). The van der Waals surface area contributed by atoms with Gasteiger partial charge in [-0.2, -0.15) is 0 Å². The fourth-order valence-corrected chi connectivity index (χ4v) is 4.32. The fraction of sp³-hybridized carbons (Fsp3) is 0. The molecule has 2 aromatic carbocycles. The molecule has 28 heavy (non-hydrogen) atoms. The first-order chi connectivity index (χ1) is 13.4. The van der Waals surface area contributed by atoms with Crippen LogP contribution in [0.3, 0.4) is 0 Å². The predicted molar refractivity (Wildman–Crippen MR) is 116 cm³/mol. The molecule has 1 aliphatic rings. The monoisotopic (exact) mass is 426 g/mol. The van der Waals surface area contributed by atoms with Crippen molar-refractivity contribution in [2.45, 2.75) is 0 Å². The number of benzene rings is 2. The number of carbonyl (C=O) groups excluding carboxylic acids is 1. The smallest absolute Gasteiger partial charge is 0.335 e. The van der Waals surface area contributed by atoms with Crippen LogP contribution in [0, 0.1) is 0 Å². The maximum Gasteiger partial charge on any atom is 0.335 e. The number of carboxylic acids is 1. The van der Waals surface area contributed by atoms with E-state index in [1.54, 1.807) is 30.3 Å². The van der Waals surface area contributed by atoms with Gasteiger partial charge in [-0.3, -0.25) is 9.69 Å². The fourth-order valence-electron chi connectivity index (χ4n) is 2.81. The number of anilines is 1. The van der Waals surface area contributed by atoms with Crippen LogP contribution in [0.15, 0.2) is 59.5 Å². The van der Waals surface area contributed by atoms with Crippen molar-refractivity contribution in [1.29, 1.82) is 0 Å². The molecule has 0 spiro atoms. The van der Waals surface area contributed by atoms with Gasteiger partial charge in [0.25, 0.3) is 5.91 Å². The van der Waals surface area contributed by atoms with Crippen molar-refractivity contribution in [2.24, 2.45) is 0 Å². The van der Waals surface area contributed by atoms with E-state index in [1.807, 2.05) is 18.2 Å². The number of hydrogen-bond donors (Lipinski definition) is 1. The minimum Gasteiger partial charge on any atom is -0.478 e. The van der Waals surface area contributed by atoms with Crippen molar-refractivity contribution < 1.29 is 14.7 Å². The lowest BCUT2D eigenvalue weighted by molar-refractivity contribution is -0.113. The zero-order valence-corrected chi connectivity index (χ0v) is 16.5. The average Bonchev–Trinajstić information content (AvgIpc) is 2.95. The molecule has 1 aromatic heterocycles. The second kappa shape index (κ2) is 7.35. The molecule has 1 N–H and O–H groups in total. The number of rotatable bonds is 3. The third-order valence-electron chi connectivity index (χ3n) is 4.12. The van der Waals surface area contributed by atoms with E-state index >= 15 is 0 Å². The first kappa shape index (κ1) is 18.6. The van der Waals surface area contributed by atoms with Crippen LogP contribution in [0.2, 0.25) is 5.02 Å². The number of amides is 1. The van der Waals surface area contributed by atoms with Crippen molar-refractivity contribution >= 4 is 74.4 Å². The Bertz CT molecular complexity index is 1190. The van der Waals surface area contributed by atoms with Gasteiger partial charge in [-0.1, -0.05) is 59.8 Å². The molecule has 0 atom stereocenters. The normalized spacial score (nSPS) is 15.6. The van der Waals surface area contributed by atoms with E-state index in [4.69, 9.17) is 28.9 Å². The van der Waals surface area contributed by atoms with Gasteiger partial charge in [-0.25, -0.2) is 9.78 Å². The number of fused-ring (bicyclic) bond motifs is 1. The summed E-state index contributed by atoms with van der Waals surface area (Å²) in [6, 6.07) is 15.3. The second-order valence-electron chi connectivity index (χ2n) is 5.92. The van der Waals surface area contributed by atoms with Crippen molar-refractivity contribution in [1.82, 2.24) is 4.98 Å². The van der Waals surface area contributed by atoms with E-state index in [0.29, 0.717) is 31.1 Å². The Hall–Kier alpha value is -2.74. The van der Waals surface area contributed by atoms with Crippen LogP contribution in [0.1, 0.15) is 16.1 Å². The molecule has 3 aromatic rings. The number of carbonyl (C=O) groups is 2. The van der Waals surface area contributed by atoms with Gasteiger partial charge >= 0.3 is 5.97 Å². The van der Waals surface area contributed by atoms with Crippen LogP contribution >= 0.6 is 35.6 Å². The predicted octanol–water partition coefficient (Wildman–Crippen LogP) is 4.99. The van der Waals surface area contributed by atoms with E-state index in [0.717, 1.165) is 17.1 Å². The number of carboxylic acid groups (broad SMARTS) is 1. The lowest BCUT2D eigenvalue weighted by Gasteiger charge is -2.14. The van der Waals surface area contributed by atoms with Crippen molar-refractivity contribution in [2.75, 3.05) is 4.90 Å². The SMILES string of the molecule is O=C(O)c1cccc(N2C(=O)/C(=C\c3ccc4cccc(Cl)c4n3)SC2=S)c1. The molecule has 1 aliphatic heterocycles. The highest BCUT2D eigenvalue weighted by Crippen LogP contribution is 2.36. The third-order valence-corrected chi connectivity index (χ3v) is 5.72. The summed E-state index contributed by atoms with van der Waals surface area (Å²) in [6.45, 7) is 0. The van der Waals surface area contributed by atoms with Crippen molar-refractivity contribution in [3.63, 3.8) is 0 Å². The topological polar surface area (TPSA) is 70.5 Å². The summed E-state index contributed by atoms with van der Waals surface area (Å²) in [5.41, 5.74) is 1.74. The molecule has 1 fully saturated rings. The van der Waals surface area contributed by atoms with E-state index < -0.39 is 5.97 Å². The zero-order valence-electron chi connectivity index (χ0n) is 14.1. The number of para-hydroxylation sites is 1. The summed E-state index contributed by atoms with van der Waals surface area (Å²) in [5, 5.41) is 10.6. The standard InChI is InChI=1S/C20H11ClN2O3S2/c21-15-6-2-3-11-7-8-13(22-17(11)15)10-16-18(24)23(20(27)28-16)14-5-1-4-12(9-14)19(25)26/h1-10H,(H,25,26)/b16-10+. The largest absolute Gasteiger partial charge is 0.478 e. The van der Waals surface area contributed by atoms with Gasteiger partial charge in [0.15, 0.2) is 4.32 Å². The number of pyridine rings is 1.